The van der Waals surface area contributed by atoms with Crippen LogP contribution in [0.15, 0.2) is 16.6 Å². The van der Waals surface area contributed by atoms with E-state index in [2.05, 4.69) is 21.2 Å². The quantitative estimate of drug-likeness (QED) is 0.852. The Morgan fingerprint density at radius 1 is 1.56 bits per heavy atom. The van der Waals surface area contributed by atoms with Gasteiger partial charge in [-0.25, -0.2) is 4.39 Å². The van der Waals surface area contributed by atoms with Gasteiger partial charge in [0.05, 0.1) is 29.8 Å². The molecular weight excluding hydrogens is 300 g/mol. The predicted octanol–water partition coefficient (Wildman–Crippen LogP) is 2.37. The molecule has 0 radical (unpaired) electrons. The molecule has 0 atom stereocenters. The molecule has 0 saturated carbocycles. The van der Waals surface area contributed by atoms with Crippen molar-refractivity contribution in [3.63, 3.8) is 0 Å². The molecule has 6 heteroatoms. The molecule has 1 aromatic carbocycles. The molecule has 1 fully saturated rings. The van der Waals surface area contributed by atoms with E-state index in [0.29, 0.717) is 22.7 Å². The van der Waals surface area contributed by atoms with Gasteiger partial charge in [0.2, 0.25) is 0 Å². The van der Waals surface area contributed by atoms with Gasteiger partial charge in [-0.15, -0.1) is 0 Å². The highest BCUT2D eigenvalue weighted by atomic mass is 79.9. The topological polar surface area (TPSA) is 38.3 Å². The van der Waals surface area contributed by atoms with Crippen LogP contribution in [0.5, 0.6) is 0 Å². The van der Waals surface area contributed by atoms with Gasteiger partial charge in [0.25, 0.3) is 5.91 Å². The summed E-state index contributed by atoms with van der Waals surface area (Å²) in [5.41, 5.74) is -0.0555. The van der Waals surface area contributed by atoms with E-state index in [1.165, 1.54) is 12.1 Å². The third-order valence-corrected chi connectivity index (χ3v) is 3.42. The number of amides is 1. The van der Waals surface area contributed by atoms with Crippen molar-refractivity contribution in [1.82, 2.24) is 5.32 Å². The van der Waals surface area contributed by atoms with Crippen LogP contribution < -0.4 is 5.32 Å². The summed E-state index contributed by atoms with van der Waals surface area (Å²) < 4.78 is 18.8. The minimum Gasteiger partial charge on any atom is -0.377 e. The maximum Gasteiger partial charge on any atom is 0.254 e. The maximum atomic E-state index is 13.5. The van der Waals surface area contributed by atoms with Gasteiger partial charge in [-0.2, -0.15) is 0 Å². The predicted molar refractivity (Wildman–Crippen MR) is 61.2 cm³/mol. The van der Waals surface area contributed by atoms with Crippen molar-refractivity contribution in [1.29, 1.82) is 0 Å². The summed E-state index contributed by atoms with van der Waals surface area (Å²) in [6.07, 6.45) is 0. The van der Waals surface area contributed by atoms with E-state index in [4.69, 9.17) is 16.3 Å². The van der Waals surface area contributed by atoms with Crippen molar-refractivity contribution in [2.75, 3.05) is 13.2 Å². The number of benzene rings is 1. The molecule has 16 heavy (non-hydrogen) atoms. The van der Waals surface area contributed by atoms with Crippen molar-refractivity contribution < 1.29 is 13.9 Å². The van der Waals surface area contributed by atoms with Crippen molar-refractivity contribution >= 4 is 33.4 Å². The molecule has 0 unspecified atom stereocenters. The molecular formula is C10H8BrClFNO2. The lowest BCUT2D eigenvalue weighted by atomic mass is 10.1. The third-order valence-electron chi connectivity index (χ3n) is 2.23. The van der Waals surface area contributed by atoms with Crippen LogP contribution in [0.1, 0.15) is 10.4 Å². The van der Waals surface area contributed by atoms with Crippen LogP contribution in [0, 0.1) is 5.82 Å². The van der Waals surface area contributed by atoms with Gasteiger partial charge < -0.3 is 10.1 Å². The fourth-order valence-corrected chi connectivity index (χ4v) is 1.76. The monoisotopic (exact) mass is 307 g/mol. The lowest BCUT2D eigenvalue weighted by Crippen LogP contribution is -2.48. The summed E-state index contributed by atoms with van der Waals surface area (Å²) in [6, 6.07) is 2.44. The van der Waals surface area contributed by atoms with Crippen LogP contribution in [0.2, 0.25) is 5.02 Å². The van der Waals surface area contributed by atoms with Crippen molar-refractivity contribution in [2.24, 2.45) is 0 Å². The molecule has 86 valence electrons. The van der Waals surface area contributed by atoms with Crippen LogP contribution in [-0.4, -0.2) is 25.2 Å². The van der Waals surface area contributed by atoms with E-state index in [1.54, 1.807) is 0 Å². The standard InChI is InChI=1S/C10H8BrClFNO2/c11-7-2-9(13)6(1-8(7)12)10(15)14-5-3-16-4-5/h1-2,5H,3-4H2,(H,14,15). The number of hydrogen-bond donors (Lipinski definition) is 1. The molecule has 1 N–H and O–H groups in total. The number of carbonyl (C=O) groups excluding carboxylic acids is 1. The average Bonchev–Trinajstić information content (AvgIpc) is 2.17. The van der Waals surface area contributed by atoms with Gasteiger partial charge in [-0.1, -0.05) is 11.6 Å². The van der Waals surface area contributed by atoms with Crippen LogP contribution in [-0.2, 0) is 4.74 Å². The second-order valence-electron chi connectivity index (χ2n) is 3.45. The lowest BCUT2D eigenvalue weighted by Gasteiger charge is -2.26. The minimum atomic E-state index is -0.603. The summed E-state index contributed by atoms with van der Waals surface area (Å²) in [5.74, 6) is -1.07. The zero-order chi connectivity index (χ0) is 11.7. The lowest BCUT2D eigenvalue weighted by molar-refractivity contribution is -0.00352. The van der Waals surface area contributed by atoms with Crippen LogP contribution >= 0.6 is 27.5 Å². The second kappa shape index (κ2) is 4.69. The SMILES string of the molecule is O=C(NC1COC1)c1cc(Cl)c(Br)cc1F. The zero-order valence-electron chi connectivity index (χ0n) is 8.10. The van der Waals surface area contributed by atoms with Crippen molar-refractivity contribution in [2.45, 2.75) is 6.04 Å². The Kier molecular flexibility index (Phi) is 3.47. The number of halogens is 3. The Labute approximate surface area is 105 Å². The molecule has 1 amide bonds. The Hall–Kier alpha value is -0.650. The van der Waals surface area contributed by atoms with Crippen molar-refractivity contribution in [3.05, 3.63) is 33.0 Å². The number of hydrogen-bond acceptors (Lipinski definition) is 2. The van der Waals surface area contributed by atoms with E-state index in [0.717, 1.165) is 0 Å². The van der Waals surface area contributed by atoms with Crippen LogP contribution in [0.25, 0.3) is 0 Å². The summed E-state index contributed by atoms with van der Waals surface area (Å²) in [7, 11) is 0. The Balaban J connectivity index is 2.18. The molecule has 1 heterocycles. The van der Waals surface area contributed by atoms with Gasteiger partial charge in [0.1, 0.15) is 5.82 Å². The molecule has 2 rings (SSSR count). The highest BCUT2D eigenvalue weighted by molar-refractivity contribution is 9.10. The second-order valence-corrected chi connectivity index (χ2v) is 4.72. The zero-order valence-corrected chi connectivity index (χ0v) is 10.4. The van der Waals surface area contributed by atoms with E-state index in [9.17, 15) is 9.18 Å². The Morgan fingerprint density at radius 2 is 2.25 bits per heavy atom. The highest BCUT2D eigenvalue weighted by Gasteiger charge is 2.23. The smallest absolute Gasteiger partial charge is 0.254 e. The first kappa shape index (κ1) is 11.8. The molecule has 1 saturated heterocycles. The van der Waals surface area contributed by atoms with Gasteiger partial charge >= 0.3 is 0 Å². The van der Waals surface area contributed by atoms with E-state index in [-0.39, 0.29) is 11.6 Å². The number of rotatable bonds is 2. The van der Waals surface area contributed by atoms with Gasteiger partial charge in [-0.3, -0.25) is 4.79 Å². The minimum absolute atomic E-state index is 0.0330. The first-order valence-corrected chi connectivity index (χ1v) is 5.78. The molecule has 1 aliphatic rings. The first-order chi connectivity index (χ1) is 7.58. The normalized spacial score (nSPS) is 15.7. The van der Waals surface area contributed by atoms with Gasteiger partial charge in [0.15, 0.2) is 0 Å². The molecule has 0 aromatic heterocycles. The number of carbonyl (C=O) groups is 1. The van der Waals surface area contributed by atoms with Crippen LogP contribution in [0.4, 0.5) is 4.39 Å². The average molecular weight is 309 g/mol. The van der Waals surface area contributed by atoms with E-state index >= 15 is 0 Å². The van der Waals surface area contributed by atoms with E-state index < -0.39 is 11.7 Å². The highest BCUT2D eigenvalue weighted by Crippen LogP contribution is 2.25. The molecule has 1 aliphatic heterocycles. The summed E-state index contributed by atoms with van der Waals surface area (Å²) in [5, 5.41) is 2.94. The summed E-state index contributed by atoms with van der Waals surface area (Å²) >= 11 is 8.88. The molecule has 0 spiro atoms. The Morgan fingerprint density at radius 3 is 2.81 bits per heavy atom. The molecule has 0 aliphatic carbocycles. The van der Waals surface area contributed by atoms with Crippen LogP contribution in [0.3, 0.4) is 0 Å². The maximum absolute atomic E-state index is 13.5. The fourth-order valence-electron chi connectivity index (χ4n) is 1.28. The number of nitrogens with one attached hydrogen (secondary N) is 1. The van der Waals surface area contributed by atoms with Gasteiger partial charge in [-0.05, 0) is 28.1 Å². The summed E-state index contributed by atoms with van der Waals surface area (Å²) in [6.45, 7) is 0.940. The Bertz CT molecular complexity index is 437. The van der Waals surface area contributed by atoms with Crippen molar-refractivity contribution in [3.8, 4) is 0 Å². The fraction of sp³-hybridized carbons (Fsp3) is 0.300. The van der Waals surface area contributed by atoms with E-state index in [1.807, 2.05) is 0 Å². The molecule has 1 aromatic rings. The third kappa shape index (κ3) is 2.36. The summed E-state index contributed by atoms with van der Waals surface area (Å²) in [4.78, 5) is 11.7. The first-order valence-electron chi connectivity index (χ1n) is 4.61. The van der Waals surface area contributed by atoms with Gasteiger partial charge in [0, 0.05) is 4.47 Å². The number of ether oxygens (including phenoxy) is 1. The molecule has 0 bridgehead atoms. The molecule has 3 nitrogen and oxygen atoms in total. The largest absolute Gasteiger partial charge is 0.377 e.